The lowest BCUT2D eigenvalue weighted by Gasteiger charge is -2.49. The smallest absolute Gasteiger partial charge is 0.410 e. The molecule has 2 rings (SSSR count). The molecule has 1 fully saturated rings. The van der Waals surface area contributed by atoms with E-state index in [1.165, 1.54) is 17.0 Å². The molecule has 0 radical (unpaired) electrons. The second-order valence-corrected chi connectivity index (χ2v) is 6.44. The lowest BCUT2D eigenvalue weighted by atomic mass is 9.86. The van der Waals surface area contributed by atoms with Crippen LogP contribution >= 0.6 is 0 Å². The van der Waals surface area contributed by atoms with E-state index in [1.54, 1.807) is 40.0 Å². The van der Waals surface area contributed by atoms with Crippen LogP contribution in [-0.2, 0) is 15.1 Å². The van der Waals surface area contributed by atoms with E-state index in [0.29, 0.717) is 13.1 Å². The van der Waals surface area contributed by atoms with Crippen LogP contribution in [0.25, 0.3) is 0 Å². The molecule has 0 unspecified atom stereocenters. The molecule has 0 saturated carbocycles. The molecule has 0 aromatic heterocycles. The molecule has 0 N–H and O–H groups in total. The molecule has 1 amide bonds. The first-order chi connectivity index (χ1) is 10.6. The number of halogens is 2. The minimum absolute atomic E-state index is 0.0818. The third kappa shape index (κ3) is 4.10. The maximum absolute atomic E-state index is 12.2. The van der Waals surface area contributed by atoms with Gasteiger partial charge in [0.25, 0.3) is 0 Å². The Kier molecular flexibility index (Phi) is 4.79. The van der Waals surface area contributed by atoms with Gasteiger partial charge in [0.1, 0.15) is 17.0 Å². The lowest BCUT2D eigenvalue weighted by Crippen LogP contribution is -2.62. The molecular weight excluding hydrogens is 308 g/mol. The van der Waals surface area contributed by atoms with Crippen molar-refractivity contribution in [3.8, 4) is 5.75 Å². The molecule has 23 heavy (non-hydrogen) atoms. The van der Waals surface area contributed by atoms with Gasteiger partial charge in [0.05, 0.1) is 13.1 Å². The number of methoxy groups -OCH3 is 1. The molecule has 1 aliphatic heterocycles. The van der Waals surface area contributed by atoms with Crippen molar-refractivity contribution in [2.24, 2.45) is 0 Å². The van der Waals surface area contributed by atoms with Gasteiger partial charge < -0.3 is 19.1 Å². The summed E-state index contributed by atoms with van der Waals surface area (Å²) in [5.41, 5.74) is -0.418. The molecule has 5 nitrogen and oxygen atoms in total. The van der Waals surface area contributed by atoms with Crippen molar-refractivity contribution in [3.63, 3.8) is 0 Å². The standard InChI is InChI=1S/C16H21F2NO4/c1-15(2,3)23-14(20)19-9-16(10-19,21-4)11-5-7-12(8-6-11)22-13(17)18/h5-8,13H,9-10H2,1-4H3. The molecule has 128 valence electrons. The summed E-state index contributed by atoms with van der Waals surface area (Å²) in [6, 6.07) is 6.23. The summed E-state index contributed by atoms with van der Waals surface area (Å²) in [6.45, 7) is 3.23. The molecular formula is C16H21F2NO4. The number of rotatable bonds is 4. The molecule has 0 atom stereocenters. The third-order valence-corrected chi connectivity index (χ3v) is 3.54. The number of alkyl halides is 2. The number of ether oxygens (including phenoxy) is 3. The highest BCUT2D eigenvalue weighted by Crippen LogP contribution is 2.36. The SMILES string of the molecule is COC1(c2ccc(OC(F)F)cc2)CN(C(=O)OC(C)(C)C)C1. The molecule has 0 aliphatic carbocycles. The molecule has 1 aromatic carbocycles. The molecule has 1 heterocycles. The van der Waals surface area contributed by atoms with Crippen LogP contribution in [0.4, 0.5) is 13.6 Å². The second kappa shape index (κ2) is 6.31. The lowest BCUT2D eigenvalue weighted by molar-refractivity contribution is -0.127. The van der Waals surface area contributed by atoms with E-state index in [1.807, 2.05) is 0 Å². The van der Waals surface area contributed by atoms with Crippen molar-refractivity contribution in [1.29, 1.82) is 0 Å². The number of nitrogens with zero attached hydrogens (tertiary/aromatic N) is 1. The molecule has 0 bridgehead atoms. The normalized spacial score (nSPS) is 16.9. The quantitative estimate of drug-likeness (QED) is 0.850. The van der Waals surface area contributed by atoms with Crippen molar-refractivity contribution in [2.75, 3.05) is 20.2 Å². The first-order valence-electron chi connectivity index (χ1n) is 7.24. The fourth-order valence-electron chi connectivity index (χ4n) is 2.40. The summed E-state index contributed by atoms with van der Waals surface area (Å²) >= 11 is 0. The predicted molar refractivity (Wildman–Crippen MR) is 79.6 cm³/mol. The van der Waals surface area contributed by atoms with Gasteiger partial charge in [0.15, 0.2) is 0 Å². The maximum Gasteiger partial charge on any atom is 0.410 e. The number of carbonyl (C=O) groups excluding carboxylic acids is 1. The summed E-state index contributed by atoms with van der Waals surface area (Å²) in [4.78, 5) is 13.5. The average molecular weight is 329 g/mol. The Labute approximate surface area is 134 Å². The monoisotopic (exact) mass is 329 g/mol. The molecule has 1 aliphatic rings. The second-order valence-electron chi connectivity index (χ2n) is 6.44. The van der Waals surface area contributed by atoms with Gasteiger partial charge >= 0.3 is 12.7 Å². The van der Waals surface area contributed by atoms with E-state index < -0.39 is 23.9 Å². The Morgan fingerprint density at radius 2 is 1.78 bits per heavy atom. The average Bonchev–Trinajstić information content (AvgIpc) is 2.37. The zero-order valence-corrected chi connectivity index (χ0v) is 13.6. The minimum atomic E-state index is -2.86. The number of likely N-dealkylation sites (tertiary alicyclic amines) is 1. The van der Waals surface area contributed by atoms with Crippen molar-refractivity contribution >= 4 is 6.09 Å². The van der Waals surface area contributed by atoms with Gasteiger partial charge in [-0.05, 0) is 38.5 Å². The third-order valence-electron chi connectivity index (χ3n) is 3.54. The summed E-state index contributed by atoms with van der Waals surface area (Å²) in [5, 5.41) is 0. The predicted octanol–water partition coefficient (Wildman–Crippen LogP) is 3.38. The highest BCUT2D eigenvalue weighted by Gasteiger charge is 2.48. The van der Waals surface area contributed by atoms with Crippen molar-refractivity contribution in [3.05, 3.63) is 29.8 Å². The van der Waals surface area contributed by atoms with Crippen LogP contribution in [0, 0.1) is 0 Å². The molecule has 1 aromatic rings. The van der Waals surface area contributed by atoms with Gasteiger partial charge in [0.2, 0.25) is 0 Å². The molecule has 1 saturated heterocycles. The number of hydrogen-bond acceptors (Lipinski definition) is 4. The van der Waals surface area contributed by atoms with Gasteiger partial charge in [-0.15, -0.1) is 0 Å². The van der Waals surface area contributed by atoms with E-state index in [0.717, 1.165) is 5.56 Å². The van der Waals surface area contributed by atoms with Gasteiger partial charge in [-0.25, -0.2) is 4.79 Å². The largest absolute Gasteiger partial charge is 0.444 e. The highest BCUT2D eigenvalue weighted by atomic mass is 19.3. The molecule has 0 spiro atoms. The fraction of sp³-hybridized carbons (Fsp3) is 0.562. The van der Waals surface area contributed by atoms with Crippen LogP contribution in [0.3, 0.4) is 0 Å². The summed E-state index contributed by atoms with van der Waals surface area (Å²) in [7, 11) is 1.55. The number of benzene rings is 1. The van der Waals surface area contributed by atoms with E-state index >= 15 is 0 Å². The number of hydrogen-bond donors (Lipinski definition) is 0. The Morgan fingerprint density at radius 3 is 2.22 bits per heavy atom. The van der Waals surface area contributed by atoms with Crippen molar-refractivity contribution in [1.82, 2.24) is 4.90 Å². The minimum Gasteiger partial charge on any atom is -0.444 e. The summed E-state index contributed by atoms with van der Waals surface area (Å²) in [5.74, 6) is 0.0818. The van der Waals surface area contributed by atoms with E-state index in [-0.39, 0.29) is 5.75 Å². The van der Waals surface area contributed by atoms with Crippen LogP contribution in [0.2, 0.25) is 0 Å². The Hall–Kier alpha value is -1.89. The Balaban J connectivity index is 2.03. The number of amides is 1. The van der Waals surface area contributed by atoms with E-state index in [4.69, 9.17) is 9.47 Å². The van der Waals surface area contributed by atoms with Crippen molar-refractivity contribution < 1.29 is 27.8 Å². The zero-order chi connectivity index (χ0) is 17.3. The van der Waals surface area contributed by atoms with Crippen molar-refractivity contribution in [2.45, 2.75) is 38.6 Å². The molecule has 7 heteroatoms. The summed E-state index contributed by atoms with van der Waals surface area (Å²) < 4.78 is 39.5. The van der Waals surface area contributed by atoms with E-state index in [9.17, 15) is 13.6 Å². The highest BCUT2D eigenvalue weighted by molar-refractivity contribution is 5.70. The van der Waals surface area contributed by atoms with Crippen LogP contribution in [0.1, 0.15) is 26.3 Å². The van der Waals surface area contributed by atoms with Crippen LogP contribution in [0.15, 0.2) is 24.3 Å². The van der Waals surface area contributed by atoms with E-state index in [2.05, 4.69) is 4.74 Å². The fourth-order valence-corrected chi connectivity index (χ4v) is 2.40. The van der Waals surface area contributed by atoms with Crippen LogP contribution < -0.4 is 4.74 Å². The Bertz CT molecular complexity index is 548. The van der Waals surface area contributed by atoms with Gasteiger partial charge in [-0.1, -0.05) is 12.1 Å². The first-order valence-corrected chi connectivity index (χ1v) is 7.24. The van der Waals surface area contributed by atoms with Gasteiger partial charge in [0, 0.05) is 7.11 Å². The van der Waals surface area contributed by atoms with Gasteiger partial charge in [-0.3, -0.25) is 0 Å². The zero-order valence-electron chi connectivity index (χ0n) is 13.6. The first kappa shape index (κ1) is 17.5. The summed E-state index contributed by atoms with van der Waals surface area (Å²) in [6.07, 6.45) is -0.400. The maximum atomic E-state index is 12.2. The number of carbonyl (C=O) groups is 1. The topological polar surface area (TPSA) is 48.0 Å². The Morgan fingerprint density at radius 1 is 1.22 bits per heavy atom. The van der Waals surface area contributed by atoms with Crippen LogP contribution in [-0.4, -0.2) is 43.4 Å². The van der Waals surface area contributed by atoms with Crippen LogP contribution in [0.5, 0.6) is 5.75 Å². The van der Waals surface area contributed by atoms with Gasteiger partial charge in [-0.2, -0.15) is 8.78 Å².